The van der Waals surface area contributed by atoms with Crippen molar-refractivity contribution in [3.05, 3.63) is 0 Å². The summed E-state index contributed by atoms with van der Waals surface area (Å²) in [7, 11) is -3.23. The largest absolute Gasteiger partial charge is 0.352 e. The number of rotatable bonds is 6. The van der Waals surface area contributed by atoms with Gasteiger partial charge in [-0.15, -0.1) is 0 Å². The molecule has 0 saturated carbocycles. The first-order valence-electron chi connectivity index (χ1n) is 5.47. The second-order valence-electron chi connectivity index (χ2n) is 3.49. The minimum atomic E-state index is -3.23. The van der Waals surface area contributed by atoms with Crippen LogP contribution in [-0.2, 0) is 13.6 Å². The highest BCUT2D eigenvalue weighted by atomic mass is 31.2. The molecule has 1 aliphatic rings. The van der Waals surface area contributed by atoms with Crippen molar-refractivity contribution in [1.29, 1.82) is 0 Å². The molecular formula is C9H19N2O4P. The van der Waals surface area contributed by atoms with E-state index in [2.05, 4.69) is 5.32 Å². The van der Waals surface area contributed by atoms with Crippen LogP contribution < -0.4 is 5.32 Å². The van der Waals surface area contributed by atoms with Gasteiger partial charge in [-0.1, -0.05) is 0 Å². The summed E-state index contributed by atoms with van der Waals surface area (Å²) in [6.07, 6.45) is 0. The van der Waals surface area contributed by atoms with E-state index in [-0.39, 0.29) is 6.03 Å². The molecule has 7 heteroatoms. The standard InChI is InChI=1S/C9H19N2O4P/c1-4-14-16(13,15-5-2)8(3)10-9(12)11-6-7-11/h8H,4-7H2,1-3H3,(H,10,12). The van der Waals surface area contributed by atoms with Gasteiger partial charge >= 0.3 is 13.6 Å². The molecule has 6 nitrogen and oxygen atoms in total. The number of carbonyl (C=O) groups is 1. The summed E-state index contributed by atoms with van der Waals surface area (Å²) >= 11 is 0. The fourth-order valence-corrected chi connectivity index (χ4v) is 2.73. The van der Waals surface area contributed by atoms with Crippen LogP contribution in [0.3, 0.4) is 0 Å². The van der Waals surface area contributed by atoms with Gasteiger partial charge in [0.2, 0.25) is 0 Å². The van der Waals surface area contributed by atoms with Crippen LogP contribution >= 0.6 is 7.60 Å². The Morgan fingerprint density at radius 3 is 2.25 bits per heavy atom. The Kier molecular flexibility index (Phi) is 4.77. The molecule has 0 aromatic heterocycles. The Labute approximate surface area is 95.8 Å². The zero-order chi connectivity index (χ0) is 12.2. The first-order chi connectivity index (χ1) is 7.53. The third-order valence-electron chi connectivity index (χ3n) is 2.16. The Bertz CT molecular complexity index is 283. The first-order valence-corrected chi connectivity index (χ1v) is 7.09. The van der Waals surface area contributed by atoms with Crippen LogP contribution in [0.1, 0.15) is 20.8 Å². The Morgan fingerprint density at radius 2 is 1.88 bits per heavy atom. The second kappa shape index (κ2) is 5.66. The molecule has 1 fully saturated rings. The van der Waals surface area contributed by atoms with Crippen molar-refractivity contribution < 1.29 is 18.4 Å². The van der Waals surface area contributed by atoms with E-state index >= 15 is 0 Å². The highest BCUT2D eigenvalue weighted by Crippen LogP contribution is 2.51. The summed E-state index contributed by atoms with van der Waals surface area (Å²) in [5.74, 6) is -0.625. The molecule has 0 bridgehead atoms. The van der Waals surface area contributed by atoms with Crippen molar-refractivity contribution in [2.24, 2.45) is 0 Å². The molecule has 1 unspecified atom stereocenters. The number of nitrogens with one attached hydrogen (secondary N) is 1. The topological polar surface area (TPSA) is 67.6 Å². The molecule has 1 N–H and O–H groups in total. The van der Waals surface area contributed by atoms with Gasteiger partial charge in [-0.3, -0.25) is 4.57 Å². The number of carbonyl (C=O) groups excluding carboxylic acids is 1. The third-order valence-corrected chi connectivity index (χ3v) is 4.47. The Balaban J connectivity index is 2.54. The van der Waals surface area contributed by atoms with Crippen molar-refractivity contribution in [1.82, 2.24) is 10.2 Å². The Morgan fingerprint density at radius 1 is 1.38 bits per heavy atom. The molecule has 94 valence electrons. The SMILES string of the molecule is CCOP(=O)(OCC)C(C)NC(=O)N1CC1. The maximum absolute atomic E-state index is 12.2. The first kappa shape index (κ1) is 13.5. The number of urea groups is 1. The molecule has 16 heavy (non-hydrogen) atoms. The van der Waals surface area contributed by atoms with Crippen molar-refractivity contribution in [3.63, 3.8) is 0 Å². The maximum Gasteiger partial charge on any atom is 0.352 e. The lowest BCUT2D eigenvalue weighted by Crippen LogP contribution is -2.36. The lowest BCUT2D eigenvalue weighted by atomic mass is 10.7. The highest BCUT2D eigenvalue weighted by molar-refractivity contribution is 7.54. The van der Waals surface area contributed by atoms with E-state index in [0.29, 0.717) is 13.2 Å². The number of amides is 2. The minimum absolute atomic E-state index is 0.216. The monoisotopic (exact) mass is 250 g/mol. The van der Waals surface area contributed by atoms with Crippen LogP contribution in [0, 0.1) is 0 Å². The molecule has 0 aromatic carbocycles. The highest BCUT2D eigenvalue weighted by Gasteiger charge is 2.35. The minimum Gasteiger partial charge on any atom is -0.324 e. The van der Waals surface area contributed by atoms with Gasteiger partial charge in [0, 0.05) is 13.1 Å². The van der Waals surface area contributed by atoms with Gasteiger partial charge in [0.1, 0.15) is 5.78 Å². The lowest BCUT2D eigenvalue weighted by Gasteiger charge is -2.24. The van der Waals surface area contributed by atoms with E-state index in [1.165, 1.54) is 0 Å². The van der Waals surface area contributed by atoms with Crippen LogP contribution in [0.2, 0.25) is 0 Å². The smallest absolute Gasteiger partial charge is 0.324 e. The molecule has 1 saturated heterocycles. The van der Waals surface area contributed by atoms with Crippen LogP contribution in [-0.4, -0.2) is 43.0 Å². The molecule has 0 aliphatic carbocycles. The zero-order valence-electron chi connectivity index (χ0n) is 9.93. The van der Waals surface area contributed by atoms with Gasteiger partial charge in [0.15, 0.2) is 0 Å². The summed E-state index contributed by atoms with van der Waals surface area (Å²) < 4.78 is 22.5. The molecular weight excluding hydrogens is 231 g/mol. The van der Waals surface area contributed by atoms with E-state index in [1.807, 2.05) is 0 Å². The van der Waals surface area contributed by atoms with Crippen LogP contribution in [0.25, 0.3) is 0 Å². The van der Waals surface area contributed by atoms with Gasteiger partial charge in [0.05, 0.1) is 13.2 Å². The van der Waals surface area contributed by atoms with Gasteiger partial charge in [0.25, 0.3) is 0 Å². The summed E-state index contributed by atoms with van der Waals surface area (Å²) in [5, 5.41) is 2.63. The molecule has 0 radical (unpaired) electrons. The third kappa shape index (κ3) is 3.47. The van der Waals surface area contributed by atoms with E-state index in [0.717, 1.165) is 13.1 Å². The number of nitrogens with zero attached hydrogens (tertiary/aromatic N) is 1. The van der Waals surface area contributed by atoms with Crippen LogP contribution in [0.15, 0.2) is 0 Å². The second-order valence-corrected chi connectivity index (χ2v) is 5.86. The van der Waals surface area contributed by atoms with E-state index < -0.39 is 13.4 Å². The van der Waals surface area contributed by atoms with Crippen molar-refractivity contribution in [2.75, 3.05) is 26.3 Å². The van der Waals surface area contributed by atoms with Gasteiger partial charge < -0.3 is 19.3 Å². The summed E-state index contributed by atoms with van der Waals surface area (Å²) in [5.41, 5.74) is 0. The summed E-state index contributed by atoms with van der Waals surface area (Å²) in [6.45, 7) is 7.21. The summed E-state index contributed by atoms with van der Waals surface area (Å²) in [4.78, 5) is 13.1. The average Bonchev–Trinajstić information content (AvgIpc) is 3.01. The predicted octanol–water partition coefficient (Wildman–Crippen LogP) is 1.62. The maximum atomic E-state index is 12.2. The normalized spacial score (nSPS) is 17.1. The van der Waals surface area contributed by atoms with Gasteiger partial charge in [-0.25, -0.2) is 4.79 Å². The average molecular weight is 250 g/mol. The van der Waals surface area contributed by atoms with Crippen molar-refractivity contribution >= 4 is 13.6 Å². The number of hydrogen-bond donors (Lipinski definition) is 1. The molecule has 0 aromatic rings. The predicted molar refractivity (Wildman–Crippen MR) is 60.4 cm³/mol. The quantitative estimate of drug-likeness (QED) is 0.574. The fourth-order valence-electron chi connectivity index (χ4n) is 1.22. The van der Waals surface area contributed by atoms with E-state index in [9.17, 15) is 9.36 Å². The lowest BCUT2D eigenvalue weighted by molar-refractivity contribution is 0.202. The molecule has 1 aliphatic heterocycles. The van der Waals surface area contributed by atoms with Crippen molar-refractivity contribution in [2.45, 2.75) is 26.6 Å². The van der Waals surface area contributed by atoms with Crippen molar-refractivity contribution in [3.8, 4) is 0 Å². The van der Waals surface area contributed by atoms with Gasteiger partial charge in [-0.05, 0) is 20.8 Å². The fraction of sp³-hybridized carbons (Fsp3) is 0.889. The Hall–Kier alpha value is -0.580. The van der Waals surface area contributed by atoms with Crippen LogP contribution in [0.5, 0.6) is 0 Å². The summed E-state index contributed by atoms with van der Waals surface area (Å²) in [6, 6.07) is -0.216. The van der Waals surface area contributed by atoms with E-state index in [1.54, 1.807) is 25.7 Å². The van der Waals surface area contributed by atoms with Crippen LogP contribution in [0.4, 0.5) is 4.79 Å². The molecule has 2 amide bonds. The van der Waals surface area contributed by atoms with E-state index in [4.69, 9.17) is 9.05 Å². The number of hydrogen-bond acceptors (Lipinski definition) is 4. The molecule has 1 heterocycles. The molecule has 1 rings (SSSR count). The molecule has 1 atom stereocenters. The zero-order valence-corrected chi connectivity index (χ0v) is 10.8. The van der Waals surface area contributed by atoms with Gasteiger partial charge in [-0.2, -0.15) is 0 Å². The molecule has 0 spiro atoms.